The van der Waals surface area contributed by atoms with Crippen LogP contribution >= 0.6 is 11.6 Å². The summed E-state index contributed by atoms with van der Waals surface area (Å²) < 4.78 is 14.9. The highest BCUT2D eigenvalue weighted by Gasteiger charge is 2.21. The Bertz CT molecular complexity index is 85.1. The van der Waals surface area contributed by atoms with Crippen LogP contribution in [0.4, 0.5) is 0 Å². The summed E-state index contributed by atoms with van der Waals surface area (Å²) in [6.45, 7) is 2.70. The summed E-state index contributed by atoms with van der Waals surface area (Å²) in [4.78, 5) is 0. The monoisotopic (exact) mass is 166 g/mol. The molecule has 1 saturated heterocycles. The van der Waals surface area contributed by atoms with Crippen molar-refractivity contribution in [3.8, 4) is 0 Å². The van der Waals surface area contributed by atoms with Gasteiger partial charge < -0.3 is 14.2 Å². The van der Waals surface area contributed by atoms with Crippen LogP contribution < -0.4 is 0 Å². The second-order valence-corrected chi connectivity index (χ2v) is 2.27. The molecule has 60 valence electrons. The van der Waals surface area contributed by atoms with Crippen molar-refractivity contribution in [1.29, 1.82) is 0 Å². The van der Waals surface area contributed by atoms with Gasteiger partial charge in [0.15, 0.2) is 0 Å². The summed E-state index contributed by atoms with van der Waals surface area (Å²) in [5, 5.41) is 0. The van der Waals surface area contributed by atoms with Crippen molar-refractivity contribution in [2.24, 2.45) is 0 Å². The third kappa shape index (κ3) is 4.06. The minimum Gasteiger partial charge on any atom is -0.376 e. The van der Waals surface area contributed by atoms with Gasteiger partial charge in [-0.2, -0.15) is 0 Å². The molecule has 0 N–H and O–H groups in total. The highest BCUT2D eigenvalue weighted by molar-refractivity contribution is 6.17. The Labute approximate surface area is 65.2 Å². The quantitative estimate of drug-likeness (QED) is 0.329. The molecule has 0 bridgehead atoms. The van der Waals surface area contributed by atoms with Crippen LogP contribution in [0.3, 0.4) is 0 Å². The van der Waals surface area contributed by atoms with E-state index in [9.17, 15) is 0 Å². The summed E-state index contributed by atoms with van der Waals surface area (Å²) in [7, 11) is 0. The van der Waals surface area contributed by atoms with Gasteiger partial charge in [0.05, 0.1) is 26.4 Å². The van der Waals surface area contributed by atoms with E-state index in [1.807, 2.05) is 0 Å². The molecule has 3 nitrogen and oxygen atoms in total. The summed E-state index contributed by atoms with van der Waals surface area (Å²) in [6, 6.07) is 0.239. The van der Waals surface area contributed by atoms with Crippen molar-refractivity contribution >= 4 is 11.6 Å². The highest BCUT2D eigenvalue weighted by atomic mass is 35.5. The molecular weight excluding hydrogens is 156 g/mol. The molecule has 1 aliphatic heterocycles. The van der Waals surface area contributed by atoms with Crippen LogP contribution in [0.5, 0.6) is 0 Å². The van der Waals surface area contributed by atoms with Crippen LogP contribution in [0.2, 0.25) is 0 Å². The second-order valence-electron chi connectivity index (χ2n) is 2.05. The Morgan fingerprint density at radius 1 is 1.40 bits per heavy atom. The maximum atomic E-state index is 5.25. The van der Waals surface area contributed by atoms with E-state index in [1.165, 1.54) is 0 Å². The number of hydrogen-bond donors (Lipinski definition) is 0. The number of rotatable bonds is 6. The first kappa shape index (κ1) is 8.27. The predicted octanol–water partition coefficient (Wildman–Crippen LogP) is 0.615. The van der Waals surface area contributed by atoms with E-state index in [4.69, 9.17) is 25.8 Å². The molecule has 0 saturated carbocycles. The van der Waals surface area contributed by atoms with E-state index >= 15 is 0 Å². The van der Waals surface area contributed by atoms with Crippen molar-refractivity contribution in [3.05, 3.63) is 0 Å². The number of halogens is 1. The molecule has 1 rings (SSSR count). The minimum absolute atomic E-state index is 0.239. The molecule has 0 aromatic carbocycles. The fourth-order valence-electron chi connectivity index (χ4n) is 0.551. The molecular formula is C6H11ClO3. The fourth-order valence-corrected chi connectivity index (χ4v) is 0.661. The van der Waals surface area contributed by atoms with E-state index in [1.54, 1.807) is 0 Å². The van der Waals surface area contributed by atoms with Crippen LogP contribution in [0, 0.1) is 0 Å². The molecule has 1 heterocycles. The Morgan fingerprint density at radius 2 is 2.10 bits per heavy atom. The molecule has 1 aliphatic rings. The van der Waals surface area contributed by atoms with E-state index in [2.05, 4.69) is 0 Å². The smallest absolute Gasteiger partial charge is 0.120 e. The Balaban J connectivity index is 1.68. The molecule has 4 heteroatoms. The molecule has 0 aromatic heterocycles. The lowest BCUT2D eigenvalue weighted by molar-refractivity contribution is 0.0566. The molecule has 0 radical (unpaired) electrons. The van der Waals surface area contributed by atoms with Gasteiger partial charge >= 0.3 is 0 Å². The summed E-state index contributed by atoms with van der Waals surface area (Å²) in [5.74, 6) is 0. The van der Waals surface area contributed by atoms with Gasteiger partial charge in [0.2, 0.25) is 0 Å². The maximum absolute atomic E-state index is 5.25. The molecule has 0 spiro atoms. The molecule has 1 fully saturated rings. The van der Waals surface area contributed by atoms with Gasteiger partial charge in [-0.3, -0.25) is 0 Å². The van der Waals surface area contributed by atoms with Crippen molar-refractivity contribution in [2.45, 2.75) is 6.10 Å². The number of hydrogen-bond acceptors (Lipinski definition) is 3. The number of ether oxygens (including phenoxy) is 3. The fraction of sp³-hybridized carbons (Fsp3) is 1.00. The van der Waals surface area contributed by atoms with Crippen molar-refractivity contribution in [3.63, 3.8) is 0 Å². The summed E-state index contributed by atoms with van der Waals surface area (Å²) in [5.41, 5.74) is 0. The van der Waals surface area contributed by atoms with Gasteiger partial charge in [-0.1, -0.05) is 11.6 Å². The first-order valence-corrected chi connectivity index (χ1v) is 3.80. The minimum atomic E-state index is 0.239. The summed E-state index contributed by atoms with van der Waals surface area (Å²) >= 11 is 5.25. The van der Waals surface area contributed by atoms with Gasteiger partial charge in [-0.25, -0.2) is 0 Å². The normalized spacial score (nSPS) is 23.1. The average Bonchev–Trinajstić information content (AvgIpc) is 2.71. The van der Waals surface area contributed by atoms with Gasteiger partial charge in [0.25, 0.3) is 0 Å². The van der Waals surface area contributed by atoms with Crippen molar-refractivity contribution in [1.82, 2.24) is 0 Å². The van der Waals surface area contributed by atoms with Crippen LogP contribution in [0.25, 0.3) is 0 Å². The molecule has 1 unspecified atom stereocenters. The second kappa shape index (κ2) is 4.91. The number of alkyl halides is 1. The topological polar surface area (TPSA) is 31.0 Å². The zero-order chi connectivity index (χ0) is 7.23. The molecule has 10 heavy (non-hydrogen) atoms. The van der Waals surface area contributed by atoms with Crippen LogP contribution in [0.15, 0.2) is 0 Å². The Hall–Kier alpha value is 0.170. The molecule has 1 atom stereocenters. The number of epoxide rings is 1. The zero-order valence-electron chi connectivity index (χ0n) is 5.72. The lowest BCUT2D eigenvalue weighted by Crippen LogP contribution is -2.07. The third-order valence-electron chi connectivity index (χ3n) is 1.16. The van der Waals surface area contributed by atoms with Gasteiger partial charge in [0, 0.05) is 0 Å². The maximum Gasteiger partial charge on any atom is 0.120 e. The van der Waals surface area contributed by atoms with E-state index in [0.717, 1.165) is 6.61 Å². The third-order valence-corrected chi connectivity index (χ3v) is 1.31. The first-order chi connectivity index (χ1) is 4.93. The van der Waals surface area contributed by atoms with E-state index in [0.29, 0.717) is 25.9 Å². The molecule has 0 aromatic rings. The van der Waals surface area contributed by atoms with Crippen molar-refractivity contribution in [2.75, 3.05) is 32.5 Å². The zero-order valence-corrected chi connectivity index (χ0v) is 6.47. The van der Waals surface area contributed by atoms with Gasteiger partial charge in [0.1, 0.15) is 12.2 Å². The summed E-state index contributed by atoms with van der Waals surface area (Å²) in [6.07, 6.45) is 0.344. The van der Waals surface area contributed by atoms with Crippen LogP contribution in [-0.4, -0.2) is 38.6 Å². The predicted molar refractivity (Wildman–Crippen MR) is 37.2 cm³/mol. The van der Waals surface area contributed by atoms with Crippen LogP contribution in [-0.2, 0) is 14.2 Å². The van der Waals surface area contributed by atoms with Gasteiger partial charge in [-0.05, 0) is 0 Å². The van der Waals surface area contributed by atoms with Gasteiger partial charge in [-0.15, -0.1) is 0 Å². The Morgan fingerprint density at radius 3 is 2.70 bits per heavy atom. The van der Waals surface area contributed by atoms with E-state index in [-0.39, 0.29) is 6.07 Å². The first-order valence-electron chi connectivity index (χ1n) is 3.26. The standard InChI is InChI=1S/C6H11ClO3/c7-5-9-2-1-8-3-6-4-10-6/h6H,1-5H2. The van der Waals surface area contributed by atoms with Crippen molar-refractivity contribution < 1.29 is 14.2 Å². The Kier molecular flexibility index (Phi) is 4.06. The molecule has 0 aliphatic carbocycles. The molecule has 0 amide bonds. The highest BCUT2D eigenvalue weighted by Crippen LogP contribution is 2.07. The lowest BCUT2D eigenvalue weighted by Gasteiger charge is -2.00. The van der Waals surface area contributed by atoms with Crippen LogP contribution in [0.1, 0.15) is 0 Å². The SMILES string of the molecule is ClCOCCOCC1CO1. The average molecular weight is 167 g/mol. The largest absolute Gasteiger partial charge is 0.376 e. The van der Waals surface area contributed by atoms with E-state index < -0.39 is 0 Å². The lowest BCUT2D eigenvalue weighted by atomic mass is 10.5.